The van der Waals surface area contributed by atoms with Crippen LogP contribution in [0.2, 0.25) is 0 Å². The summed E-state index contributed by atoms with van der Waals surface area (Å²) in [6.45, 7) is -0.0384. The first kappa shape index (κ1) is 19.1. The molecule has 0 heterocycles. The number of rotatable bonds is 5. The molecule has 1 amide bonds. The minimum absolute atomic E-state index is 0.0384. The van der Waals surface area contributed by atoms with Crippen molar-refractivity contribution in [2.24, 2.45) is 0 Å². The number of nitrogens with one attached hydrogen (secondary N) is 1. The lowest BCUT2D eigenvalue weighted by atomic mass is 9.82. The SMILES string of the molecule is COC(=O)c1ccccc1-c1ccc(C(=O)NC2(CO)CCCCC2)cc1. The predicted octanol–water partition coefficient (Wildman–Crippen LogP) is 3.57. The number of ether oxygens (including phenoxy) is 1. The van der Waals surface area contributed by atoms with Crippen LogP contribution in [0.4, 0.5) is 0 Å². The Morgan fingerprint density at radius 1 is 1.04 bits per heavy atom. The number of benzene rings is 2. The van der Waals surface area contributed by atoms with Crippen molar-refractivity contribution in [3.05, 3.63) is 59.7 Å². The lowest BCUT2D eigenvalue weighted by Gasteiger charge is -2.36. The largest absolute Gasteiger partial charge is 0.465 e. The van der Waals surface area contributed by atoms with Crippen molar-refractivity contribution in [3.8, 4) is 11.1 Å². The Kier molecular flexibility index (Phi) is 5.91. The van der Waals surface area contributed by atoms with E-state index in [9.17, 15) is 14.7 Å². The maximum Gasteiger partial charge on any atom is 0.338 e. The maximum absolute atomic E-state index is 12.6. The van der Waals surface area contributed by atoms with Crippen LogP contribution in [0, 0.1) is 0 Å². The molecule has 0 atom stereocenters. The number of carbonyl (C=O) groups excluding carboxylic acids is 2. The van der Waals surface area contributed by atoms with E-state index in [0.29, 0.717) is 11.1 Å². The number of aliphatic hydroxyl groups is 1. The molecule has 2 N–H and O–H groups in total. The zero-order valence-corrected chi connectivity index (χ0v) is 15.5. The zero-order valence-electron chi connectivity index (χ0n) is 15.5. The molecule has 0 unspecified atom stereocenters. The Morgan fingerprint density at radius 3 is 2.33 bits per heavy atom. The molecule has 142 valence electrons. The fourth-order valence-corrected chi connectivity index (χ4v) is 3.69. The van der Waals surface area contributed by atoms with Gasteiger partial charge in [-0.15, -0.1) is 0 Å². The van der Waals surface area contributed by atoms with Gasteiger partial charge in [0.2, 0.25) is 0 Å². The highest BCUT2D eigenvalue weighted by Crippen LogP contribution is 2.29. The van der Waals surface area contributed by atoms with Gasteiger partial charge >= 0.3 is 5.97 Å². The highest BCUT2D eigenvalue weighted by atomic mass is 16.5. The van der Waals surface area contributed by atoms with E-state index in [4.69, 9.17) is 4.74 Å². The number of methoxy groups -OCH3 is 1. The van der Waals surface area contributed by atoms with E-state index in [1.54, 1.807) is 24.3 Å². The molecule has 2 aromatic carbocycles. The maximum atomic E-state index is 12.6. The Hall–Kier alpha value is -2.66. The van der Waals surface area contributed by atoms with Crippen LogP contribution in [0.3, 0.4) is 0 Å². The second-order valence-electron chi connectivity index (χ2n) is 7.07. The van der Waals surface area contributed by atoms with Gasteiger partial charge in [0.15, 0.2) is 0 Å². The van der Waals surface area contributed by atoms with Crippen LogP contribution in [0.15, 0.2) is 48.5 Å². The van der Waals surface area contributed by atoms with E-state index in [-0.39, 0.29) is 12.5 Å². The topological polar surface area (TPSA) is 75.6 Å². The molecule has 1 fully saturated rings. The van der Waals surface area contributed by atoms with Gasteiger partial charge < -0.3 is 15.2 Å². The first-order chi connectivity index (χ1) is 13.1. The van der Waals surface area contributed by atoms with Crippen molar-refractivity contribution in [2.75, 3.05) is 13.7 Å². The van der Waals surface area contributed by atoms with Crippen LogP contribution in [-0.2, 0) is 4.74 Å². The minimum atomic E-state index is -0.508. The molecule has 3 rings (SSSR count). The lowest BCUT2D eigenvalue weighted by Crippen LogP contribution is -2.52. The molecule has 0 bridgehead atoms. The van der Waals surface area contributed by atoms with Crippen molar-refractivity contribution in [1.82, 2.24) is 5.32 Å². The van der Waals surface area contributed by atoms with Gasteiger partial charge in [-0.2, -0.15) is 0 Å². The van der Waals surface area contributed by atoms with Crippen molar-refractivity contribution in [3.63, 3.8) is 0 Å². The van der Waals surface area contributed by atoms with Gasteiger partial charge in [-0.05, 0) is 42.2 Å². The summed E-state index contributed by atoms with van der Waals surface area (Å²) in [5.41, 5.74) is 2.11. The number of esters is 1. The first-order valence-electron chi connectivity index (χ1n) is 9.30. The fourth-order valence-electron chi connectivity index (χ4n) is 3.69. The van der Waals surface area contributed by atoms with Gasteiger partial charge in [0.1, 0.15) is 0 Å². The summed E-state index contributed by atoms with van der Waals surface area (Å²) < 4.78 is 4.84. The summed E-state index contributed by atoms with van der Waals surface area (Å²) in [5.74, 6) is -0.576. The van der Waals surface area contributed by atoms with Gasteiger partial charge in [-0.25, -0.2) is 4.79 Å². The van der Waals surface area contributed by atoms with E-state index in [0.717, 1.165) is 43.2 Å². The summed E-state index contributed by atoms with van der Waals surface area (Å²) in [5, 5.41) is 12.8. The smallest absolute Gasteiger partial charge is 0.338 e. The molecule has 2 aromatic rings. The Morgan fingerprint density at radius 2 is 1.70 bits per heavy atom. The normalized spacial score (nSPS) is 15.8. The second-order valence-corrected chi connectivity index (χ2v) is 7.07. The van der Waals surface area contributed by atoms with E-state index >= 15 is 0 Å². The molecule has 1 aliphatic rings. The standard InChI is InChI=1S/C22H25NO4/c1-27-21(26)19-8-4-3-7-18(19)16-9-11-17(12-10-16)20(25)23-22(15-24)13-5-2-6-14-22/h3-4,7-12,24H,2,5-6,13-15H2,1H3,(H,23,25). The van der Waals surface area contributed by atoms with Crippen LogP contribution in [0.25, 0.3) is 11.1 Å². The van der Waals surface area contributed by atoms with Gasteiger partial charge in [0.05, 0.1) is 24.8 Å². The Labute approximate surface area is 159 Å². The van der Waals surface area contributed by atoms with Gasteiger partial charge in [0.25, 0.3) is 5.91 Å². The van der Waals surface area contributed by atoms with Gasteiger partial charge in [-0.3, -0.25) is 4.79 Å². The Balaban J connectivity index is 1.80. The lowest BCUT2D eigenvalue weighted by molar-refractivity contribution is 0.0601. The van der Waals surface area contributed by atoms with E-state index in [1.807, 2.05) is 24.3 Å². The number of hydrogen-bond donors (Lipinski definition) is 2. The zero-order chi connectivity index (χ0) is 19.3. The average Bonchev–Trinajstić information content (AvgIpc) is 2.74. The summed E-state index contributed by atoms with van der Waals surface area (Å²) in [7, 11) is 1.36. The number of carbonyl (C=O) groups is 2. The van der Waals surface area contributed by atoms with E-state index in [1.165, 1.54) is 7.11 Å². The Bertz CT molecular complexity index is 807. The van der Waals surface area contributed by atoms with Gasteiger partial charge in [-0.1, -0.05) is 49.6 Å². The molecule has 0 saturated heterocycles. The molecule has 27 heavy (non-hydrogen) atoms. The third kappa shape index (κ3) is 4.19. The molecular formula is C22H25NO4. The summed E-state index contributed by atoms with van der Waals surface area (Å²) >= 11 is 0. The molecule has 0 aromatic heterocycles. The molecular weight excluding hydrogens is 342 g/mol. The highest BCUT2D eigenvalue weighted by molar-refractivity contribution is 5.98. The summed E-state index contributed by atoms with van der Waals surface area (Å²) in [6.07, 6.45) is 4.79. The summed E-state index contributed by atoms with van der Waals surface area (Å²) in [4.78, 5) is 24.6. The first-order valence-corrected chi connectivity index (χ1v) is 9.30. The summed E-state index contributed by atoms with van der Waals surface area (Å²) in [6, 6.07) is 14.3. The molecule has 0 radical (unpaired) electrons. The van der Waals surface area contributed by atoms with Crippen LogP contribution < -0.4 is 5.32 Å². The minimum Gasteiger partial charge on any atom is -0.465 e. The van der Waals surface area contributed by atoms with Crippen molar-refractivity contribution in [2.45, 2.75) is 37.6 Å². The molecule has 0 aliphatic heterocycles. The number of aliphatic hydroxyl groups excluding tert-OH is 1. The van der Waals surface area contributed by atoms with Crippen LogP contribution in [0.5, 0.6) is 0 Å². The number of amides is 1. The quantitative estimate of drug-likeness (QED) is 0.792. The van der Waals surface area contributed by atoms with Crippen molar-refractivity contribution >= 4 is 11.9 Å². The van der Waals surface area contributed by atoms with Crippen LogP contribution >= 0.6 is 0 Å². The monoisotopic (exact) mass is 367 g/mol. The third-order valence-electron chi connectivity index (χ3n) is 5.28. The van der Waals surface area contributed by atoms with Gasteiger partial charge in [0, 0.05) is 5.56 Å². The molecule has 1 aliphatic carbocycles. The second kappa shape index (κ2) is 8.35. The molecule has 5 heteroatoms. The molecule has 0 spiro atoms. The highest BCUT2D eigenvalue weighted by Gasteiger charge is 2.33. The van der Waals surface area contributed by atoms with Crippen molar-refractivity contribution < 1.29 is 19.4 Å². The van der Waals surface area contributed by atoms with E-state index < -0.39 is 11.5 Å². The van der Waals surface area contributed by atoms with Crippen molar-refractivity contribution in [1.29, 1.82) is 0 Å². The number of hydrogen-bond acceptors (Lipinski definition) is 4. The average molecular weight is 367 g/mol. The molecule has 5 nitrogen and oxygen atoms in total. The molecule has 1 saturated carbocycles. The third-order valence-corrected chi connectivity index (χ3v) is 5.28. The van der Waals surface area contributed by atoms with Crippen LogP contribution in [0.1, 0.15) is 52.8 Å². The predicted molar refractivity (Wildman–Crippen MR) is 104 cm³/mol. The van der Waals surface area contributed by atoms with E-state index in [2.05, 4.69) is 5.32 Å². The fraction of sp³-hybridized carbons (Fsp3) is 0.364. The van der Waals surface area contributed by atoms with Crippen LogP contribution in [-0.4, -0.2) is 36.2 Å².